The molecule has 0 saturated carbocycles. The molecule has 2 heterocycles. The molecule has 2 saturated heterocycles. The Morgan fingerprint density at radius 2 is 1.86 bits per heavy atom. The number of carbonyl (C=O) groups is 1. The third kappa shape index (κ3) is 6.10. The molecule has 2 N–H and O–H groups in total. The molecule has 162 valence electrons. The van der Waals surface area contributed by atoms with Crippen LogP contribution in [0.25, 0.3) is 0 Å². The zero-order valence-corrected chi connectivity index (χ0v) is 19.1. The lowest BCUT2D eigenvalue weighted by Crippen LogP contribution is -2.45. The van der Waals surface area contributed by atoms with Gasteiger partial charge in [0, 0.05) is 44.0 Å². The van der Waals surface area contributed by atoms with Crippen LogP contribution in [0.15, 0.2) is 18.2 Å². The van der Waals surface area contributed by atoms with Gasteiger partial charge in [-0.25, -0.2) is 4.39 Å². The molecule has 0 aromatic heterocycles. The molecular formula is C19H32Cl3FN4O. The van der Waals surface area contributed by atoms with E-state index in [0.29, 0.717) is 6.54 Å². The Balaban J connectivity index is 0.00000243. The van der Waals surface area contributed by atoms with Crippen LogP contribution in [0.4, 0.5) is 10.1 Å². The lowest BCUT2D eigenvalue weighted by Gasteiger charge is -2.36. The maximum atomic E-state index is 13.9. The van der Waals surface area contributed by atoms with Crippen molar-refractivity contribution in [3.05, 3.63) is 29.6 Å². The normalized spacial score (nSPS) is 23.1. The Hall–Kier alpha value is -0.790. The van der Waals surface area contributed by atoms with Gasteiger partial charge in [0.05, 0.1) is 11.5 Å². The van der Waals surface area contributed by atoms with Crippen molar-refractivity contribution in [1.29, 1.82) is 0 Å². The molecule has 3 rings (SSSR count). The van der Waals surface area contributed by atoms with E-state index in [4.69, 9.17) is 0 Å². The van der Waals surface area contributed by atoms with Crippen LogP contribution in [-0.4, -0.2) is 57.1 Å². The van der Waals surface area contributed by atoms with E-state index in [9.17, 15) is 9.18 Å². The van der Waals surface area contributed by atoms with Gasteiger partial charge in [-0.15, -0.1) is 37.2 Å². The number of hydrogen-bond donors (Lipinski definition) is 2. The summed E-state index contributed by atoms with van der Waals surface area (Å²) in [7, 11) is 2.11. The van der Waals surface area contributed by atoms with Crippen LogP contribution in [0.1, 0.15) is 31.9 Å². The van der Waals surface area contributed by atoms with Gasteiger partial charge in [-0.3, -0.25) is 4.79 Å². The number of nitrogens with zero attached hydrogens (tertiary/aromatic N) is 2. The third-order valence-electron chi connectivity index (χ3n) is 5.56. The van der Waals surface area contributed by atoms with E-state index in [1.54, 1.807) is 6.07 Å². The minimum Gasteiger partial charge on any atom is -0.369 e. The van der Waals surface area contributed by atoms with Crippen molar-refractivity contribution in [2.45, 2.75) is 26.3 Å². The second-order valence-electron chi connectivity index (χ2n) is 7.68. The Bertz CT molecular complexity index is 636. The van der Waals surface area contributed by atoms with E-state index in [2.05, 4.69) is 27.5 Å². The summed E-state index contributed by atoms with van der Waals surface area (Å²) in [5.74, 6) is -0.221. The fraction of sp³-hybridized carbons (Fsp3) is 0.632. The minimum atomic E-state index is -0.379. The molecule has 0 bridgehead atoms. The van der Waals surface area contributed by atoms with Gasteiger partial charge in [0.25, 0.3) is 0 Å². The number of rotatable bonds is 4. The van der Waals surface area contributed by atoms with Gasteiger partial charge in [-0.1, -0.05) is 0 Å². The summed E-state index contributed by atoms with van der Waals surface area (Å²) >= 11 is 0. The predicted octanol–water partition coefficient (Wildman–Crippen LogP) is 3.02. The van der Waals surface area contributed by atoms with Crippen molar-refractivity contribution < 1.29 is 9.18 Å². The van der Waals surface area contributed by atoms with E-state index < -0.39 is 0 Å². The number of carbonyl (C=O) groups excluding carboxylic acids is 1. The number of hydrogen-bond acceptors (Lipinski definition) is 4. The number of likely N-dealkylation sites (N-methyl/N-ethyl adjacent to an activating group) is 1. The maximum absolute atomic E-state index is 13.9. The highest BCUT2D eigenvalue weighted by Crippen LogP contribution is 2.30. The Morgan fingerprint density at radius 1 is 1.21 bits per heavy atom. The van der Waals surface area contributed by atoms with E-state index in [0.717, 1.165) is 50.4 Å². The number of halogens is 4. The first-order valence-corrected chi connectivity index (χ1v) is 9.14. The zero-order chi connectivity index (χ0) is 18.0. The second-order valence-corrected chi connectivity index (χ2v) is 7.68. The largest absolute Gasteiger partial charge is 0.369 e. The van der Waals surface area contributed by atoms with Gasteiger partial charge in [0.2, 0.25) is 5.91 Å². The zero-order valence-electron chi connectivity index (χ0n) is 16.7. The van der Waals surface area contributed by atoms with Crippen LogP contribution in [0.3, 0.4) is 0 Å². The molecule has 28 heavy (non-hydrogen) atoms. The van der Waals surface area contributed by atoms with E-state index in [1.165, 1.54) is 6.07 Å². The van der Waals surface area contributed by atoms with Crippen molar-refractivity contribution in [3.63, 3.8) is 0 Å². The van der Waals surface area contributed by atoms with Gasteiger partial charge in [0.15, 0.2) is 0 Å². The Labute approximate surface area is 186 Å². The molecule has 1 aromatic rings. The summed E-state index contributed by atoms with van der Waals surface area (Å²) in [4.78, 5) is 17.3. The van der Waals surface area contributed by atoms with E-state index in [-0.39, 0.29) is 60.4 Å². The van der Waals surface area contributed by atoms with Crippen LogP contribution >= 0.6 is 37.2 Å². The molecule has 2 atom stereocenters. The fourth-order valence-electron chi connectivity index (χ4n) is 3.67. The second kappa shape index (κ2) is 11.4. The van der Waals surface area contributed by atoms with Gasteiger partial charge in [0.1, 0.15) is 5.82 Å². The molecule has 0 radical (unpaired) electrons. The molecule has 1 aromatic carbocycles. The highest BCUT2D eigenvalue weighted by atomic mass is 35.5. The molecule has 2 aliphatic heterocycles. The first kappa shape index (κ1) is 27.2. The summed E-state index contributed by atoms with van der Waals surface area (Å²) in [5.41, 5.74) is 1.50. The van der Waals surface area contributed by atoms with Crippen LogP contribution in [0.2, 0.25) is 0 Å². The topological polar surface area (TPSA) is 47.6 Å². The predicted molar refractivity (Wildman–Crippen MR) is 120 cm³/mol. The maximum Gasteiger partial charge on any atom is 0.227 e. The molecule has 0 aliphatic carbocycles. The highest BCUT2D eigenvalue weighted by Gasteiger charge is 2.37. The fourth-order valence-corrected chi connectivity index (χ4v) is 3.67. The molecule has 0 spiro atoms. The van der Waals surface area contributed by atoms with Crippen molar-refractivity contribution in [2.24, 2.45) is 5.41 Å². The lowest BCUT2D eigenvalue weighted by atomic mass is 9.88. The average Bonchev–Trinajstić information content (AvgIpc) is 3.04. The SMILES string of the molecule is CC(NC(=O)C1(C)CCNC1)c1cc(F)ccc1N1CCN(C)CC1.Cl.Cl.Cl. The molecule has 1 amide bonds. The van der Waals surface area contributed by atoms with Crippen molar-refractivity contribution in [2.75, 3.05) is 51.2 Å². The summed E-state index contributed by atoms with van der Waals surface area (Å²) in [6.07, 6.45) is 0.833. The van der Waals surface area contributed by atoms with Crippen molar-refractivity contribution in [1.82, 2.24) is 15.5 Å². The summed E-state index contributed by atoms with van der Waals surface area (Å²) in [5, 5.41) is 6.36. The standard InChI is InChI=1S/C19H29FN4O.3ClH/c1-14(22-18(25)19(2)6-7-21-13-19)16-12-15(20)4-5-17(16)24-10-8-23(3)9-11-24;;;/h4-5,12,14,21H,6-11,13H2,1-3H3,(H,22,25);3*1H. The Morgan fingerprint density at radius 3 is 2.43 bits per heavy atom. The van der Waals surface area contributed by atoms with Crippen LogP contribution in [0, 0.1) is 11.2 Å². The minimum absolute atomic E-state index is 0. The number of nitrogens with one attached hydrogen (secondary N) is 2. The summed E-state index contributed by atoms with van der Waals surface area (Å²) in [6.45, 7) is 9.29. The van der Waals surface area contributed by atoms with Crippen LogP contribution in [-0.2, 0) is 4.79 Å². The molecule has 2 fully saturated rings. The summed E-state index contributed by atoms with van der Waals surface area (Å²) in [6, 6.07) is 4.69. The number of amides is 1. The van der Waals surface area contributed by atoms with Crippen LogP contribution < -0.4 is 15.5 Å². The number of anilines is 1. The Kier molecular flexibility index (Phi) is 11.1. The average molecular weight is 458 g/mol. The van der Waals surface area contributed by atoms with Gasteiger partial charge >= 0.3 is 0 Å². The van der Waals surface area contributed by atoms with Crippen LogP contribution in [0.5, 0.6) is 0 Å². The number of piperazine rings is 1. The van der Waals surface area contributed by atoms with Gasteiger partial charge in [-0.05, 0) is 52.1 Å². The molecule has 5 nitrogen and oxygen atoms in total. The van der Waals surface area contributed by atoms with Gasteiger partial charge in [-0.2, -0.15) is 0 Å². The summed E-state index contributed by atoms with van der Waals surface area (Å²) < 4.78 is 13.9. The lowest BCUT2D eigenvalue weighted by molar-refractivity contribution is -0.129. The number of benzene rings is 1. The molecule has 9 heteroatoms. The monoisotopic (exact) mass is 456 g/mol. The quantitative estimate of drug-likeness (QED) is 0.730. The smallest absolute Gasteiger partial charge is 0.227 e. The van der Waals surface area contributed by atoms with E-state index in [1.807, 2.05) is 19.9 Å². The van der Waals surface area contributed by atoms with Gasteiger partial charge < -0.3 is 20.4 Å². The first-order valence-electron chi connectivity index (χ1n) is 9.14. The molecular weight excluding hydrogens is 426 g/mol. The van der Waals surface area contributed by atoms with Crippen molar-refractivity contribution >= 4 is 48.8 Å². The molecule has 2 unspecified atom stereocenters. The highest BCUT2D eigenvalue weighted by molar-refractivity contribution is 5.86. The molecule has 2 aliphatic rings. The third-order valence-corrected chi connectivity index (χ3v) is 5.56. The van der Waals surface area contributed by atoms with E-state index >= 15 is 0 Å². The van der Waals surface area contributed by atoms with Crippen molar-refractivity contribution in [3.8, 4) is 0 Å². The first-order chi connectivity index (χ1) is 11.9.